The molecule has 1 N–H and O–H groups in total. The third kappa shape index (κ3) is 2.59. The van der Waals surface area contributed by atoms with Crippen molar-refractivity contribution in [1.82, 2.24) is 0 Å². The highest BCUT2D eigenvalue weighted by Gasteiger charge is 2.36. The van der Waals surface area contributed by atoms with Crippen LogP contribution in [0.1, 0.15) is 60.9 Å². The van der Waals surface area contributed by atoms with Crippen LogP contribution in [0.25, 0.3) is 0 Å². The summed E-state index contributed by atoms with van der Waals surface area (Å²) in [5.74, 6) is 0.277. The Morgan fingerprint density at radius 3 is 2.68 bits per heavy atom. The molecule has 1 aromatic carbocycles. The molecule has 2 aliphatic rings. The van der Waals surface area contributed by atoms with E-state index in [4.69, 9.17) is 0 Å². The van der Waals surface area contributed by atoms with Gasteiger partial charge in [-0.2, -0.15) is 0 Å². The van der Waals surface area contributed by atoms with E-state index in [2.05, 4.69) is 6.07 Å². The van der Waals surface area contributed by atoms with Crippen molar-refractivity contribution >= 4 is 5.78 Å². The smallest absolute Gasteiger partial charge is 0.166 e. The molecule has 0 aromatic heterocycles. The summed E-state index contributed by atoms with van der Waals surface area (Å²) in [5.41, 5.74) is 1.49. The molecule has 0 radical (unpaired) electrons. The Hall–Kier alpha value is -1.15. The van der Waals surface area contributed by atoms with Crippen molar-refractivity contribution in [2.24, 2.45) is 5.92 Å². The highest BCUT2D eigenvalue weighted by Crippen LogP contribution is 2.37. The monoisotopic (exact) mass is 258 g/mol. The van der Waals surface area contributed by atoms with Crippen LogP contribution in [-0.4, -0.2) is 16.5 Å². The molecule has 1 atom stereocenters. The van der Waals surface area contributed by atoms with Crippen LogP contribution in [0.2, 0.25) is 0 Å². The number of ketones is 1. The van der Waals surface area contributed by atoms with Crippen LogP contribution < -0.4 is 0 Å². The highest BCUT2D eigenvalue weighted by molar-refractivity contribution is 6.00. The van der Waals surface area contributed by atoms with E-state index < -0.39 is 5.60 Å². The molecule has 0 saturated heterocycles. The Kier molecular flexibility index (Phi) is 3.44. The predicted molar refractivity (Wildman–Crippen MR) is 75.2 cm³/mol. The van der Waals surface area contributed by atoms with Crippen molar-refractivity contribution < 1.29 is 9.90 Å². The first-order chi connectivity index (χ1) is 9.18. The average Bonchev–Trinajstić information content (AvgIpc) is 2.43. The van der Waals surface area contributed by atoms with E-state index in [0.717, 1.165) is 44.1 Å². The molecule has 1 fully saturated rings. The van der Waals surface area contributed by atoms with Crippen LogP contribution in [0.4, 0.5) is 0 Å². The molecule has 1 saturated carbocycles. The van der Waals surface area contributed by atoms with Gasteiger partial charge in [-0.1, -0.05) is 43.5 Å². The van der Waals surface area contributed by atoms with Crippen molar-refractivity contribution in [3.05, 3.63) is 35.4 Å². The van der Waals surface area contributed by atoms with Crippen molar-refractivity contribution in [2.75, 3.05) is 0 Å². The lowest BCUT2D eigenvalue weighted by Crippen LogP contribution is -2.37. The summed E-state index contributed by atoms with van der Waals surface area (Å²) in [7, 11) is 0. The number of aliphatic hydroxyl groups is 1. The first kappa shape index (κ1) is 12.9. The van der Waals surface area contributed by atoms with Gasteiger partial charge < -0.3 is 5.11 Å². The zero-order valence-corrected chi connectivity index (χ0v) is 11.4. The lowest BCUT2D eigenvalue weighted by atomic mass is 9.73. The third-order valence-electron chi connectivity index (χ3n) is 4.83. The van der Waals surface area contributed by atoms with Crippen LogP contribution >= 0.6 is 0 Å². The van der Waals surface area contributed by atoms with E-state index >= 15 is 0 Å². The Balaban J connectivity index is 1.75. The topological polar surface area (TPSA) is 37.3 Å². The fourth-order valence-electron chi connectivity index (χ4n) is 3.73. The Morgan fingerprint density at radius 1 is 1.16 bits per heavy atom. The first-order valence-electron chi connectivity index (χ1n) is 7.52. The van der Waals surface area contributed by atoms with Gasteiger partial charge in [-0.05, 0) is 37.7 Å². The fourth-order valence-corrected chi connectivity index (χ4v) is 3.73. The van der Waals surface area contributed by atoms with Gasteiger partial charge in [-0.25, -0.2) is 0 Å². The van der Waals surface area contributed by atoms with Gasteiger partial charge in [0.15, 0.2) is 5.78 Å². The summed E-state index contributed by atoms with van der Waals surface area (Å²) >= 11 is 0. The van der Waals surface area contributed by atoms with Gasteiger partial charge in [0.1, 0.15) is 0 Å². The summed E-state index contributed by atoms with van der Waals surface area (Å²) in [4.78, 5) is 12.5. The van der Waals surface area contributed by atoms with E-state index in [1.807, 2.05) is 18.2 Å². The summed E-state index contributed by atoms with van der Waals surface area (Å²) in [6.45, 7) is 0. The minimum absolute atomic E-state index is 0.0259. The minimum atomic E-state index is -0.579. The number of carbonyl (C=O) groups excluding carboxylic acids is 1. The molecule has 2 aliphatic carbocycles. The fraction of sp³-hybridized carbons (Fsp3) is 0.588. The van der Waals surface area contributed by atoms with Gasteiger partial charge in [-0.15, -0.1) is 0 Å². The van der Waals surface area contributed by atoms with Crippen molar-refractivity contribution in [3.8, 4) is 0 Å². The predicted octanol–water partition coefficient (Wildman–Crippen LogP) is 3.52. The molecule has 2 heteroatoms. The molecular formula is C17H22O2. The second-order valence-corrected chi connectivity index (χ2v) is 6.25. The minimum Gasteiger partial charge on any atom is -0.390 e. The average molecular weight is 258 g/mol. The van der Waals surface area contributed by atoms with Gasteiger partial charge in [-0.3, -0.25) is 4.79 Å². The largest absolute Gasteiger partial charge is 0.390 e. The number of Topliss-reactive ketones (excluding diaryl/α,β-unsaturated/α-hetero) is 1. The summed E-state index contributed by atoms with van der Waals surface area (Å²) < 4.78 is 0. The molecule has 2 nitrogen and oxygen atoms in total. The summed E-state index contributed by atoms with van der Waals surface area (Å²) in [6.07, 6.45) is 7.73. The SMILES string of the molecule is O=C1c2ccccc2CCC1CC1(O)CCCCC1. The molecule has 0 heterocycles. The molecule has 0 spiro atoms. The Morgan fingerprint density at radius 2 is 1.89 bits per heavy atom. The van der Waals surface area contributed by atoms with E-state index in [9.17, 15) is 9.90 Å². The van der Waals surface area contributed by atoms with Crippen LogP contribution in [-0.2, 0) is 6.42 Å². The van der Waals surface area contributed by atoms with Crippen LogP contribution in [0.3, 0.4) is 0 Å². The van der Waals surface area contributed by atoms with Gasteiger partial charge in [0.05, 0.1) is 5.60 Å². The first-order valence-corrected chi connectivity index (χ1v) is 7.52. The molecule has 0 aliphatic heterocycles. The number of hydrogen-bond acceptors (Lipinski definition) is 2. The maximum absolute atomic E-state index is 12.5. The Bertz CT molecular complexity index is 472. The zero-order chi connectivity index (χ0) is 13.3. The molecule has 1 aromatic rings. The molecule has 19 heavy (non-hydrogen) atoms. The van der Waals surface area contributed by atoms with Crippen LogP contribution in [0.15, 0.2) is 24.3 Å². The van der Waals surface area contributed by atoms with Gasteiger partial charge >= 0.3 is 0 Å². The number of carbonyl (C=O) groups is 1. The normalized spacial score (nSPS) is 25.9. The van der Waals surface area contributed by atoms with Crippen LogP contribution in [0, 0.1) is 5.92 Å². The lowest BCUT2D eigenvalue weighted by Gasteiger charge is -2.36. The van der Waals surface area contributed by atoms with Crippen LogP contribution in [0.5, 0.6) is 0 Å². The van der Waals surface area contributed by atoms with E-state index in [1.165, 1.54) is 12.0 Å². The molecule has 0 amide bonds. The van der Waals surface area contributed by atoms with Crippen molar-refractivity contribution in [2.45, 2.75) is 57.0 Å². The summed E-state index contributed by atoms with van der Waals surface area (Å²) in [5, 5.41) is 10.6. The maximum Gasteiger partial charge on any atom is 0.166 e. The molecular weight excluding hydrogens is 236 g/mol. The number of rotatable bonds is 2. The Labute approximate surface area is 114 Å². The second-order valence-electron chi connectivity index (χ2n) is 6.25. The van der Waals surface area contributed by atoms with Crippen molar-refractivity contribution in [3.63, 3.8) is 0 Å². The van der Waals surface area contributed by atoms with E-state index in [0.29, 0.717) is 6.42 Å². The van der Waals surface area contributed by atoms with Gasteiger partial charge in [0, 0.05) is 11.5 Å². The van der Waals surface area contributed by atoms with E-state index in [1.54, 1.807) is 0 Å². The van der Waals surface area contributed by atoms with Gasteiger partial charge in [0.2, 0.25) is 0 Å². The third-order valence-corrected chi connectivity index (χ3v) is 4.83. The number of benzene rings is 1. The maximum atomic E-state index is 12.5. The van der Waals surface area contributed by atoms with E-state index in [-0.39, 0.29) is 11.7 Å². The number of hydrogen-bond donors (Lipinski definition) is 1. The zero-order valence-electron chi connectivity index (χ0n) is 11.4. The van der Waals surface area contributed by atoms with Gasteiger partial charge in [0.25, 0.3) is 0 Å². The quantitative estimate of drug-likeness (QED) is 0.881. The number of fused-ring (bicyclic) bond motifs is 1. The lowest BCUT2D eigenvalue weighted by molar-refractivity contribution is -0.0168. The molecule has 0 bridgehead atoms. The molecule has 3 rings (SSSR count). The second kappa shape index (κ2) is 5.09. The summed E-state index contributed by atoms with van der Waals surface area (Å²) in [6, 6.07) is 7.93. The van der Waals surface area contributed by atoms with Crippen molar-refractivity contribution in [1.29, 1.82) is 0 Å². The molecule has 1 unspecified atom stereocenters. The standard InChI is InChI=1S/C17H22O2/c18-16-14(12-17(19)10-4-1-5-11-17)9-8-13-6-2-3-7-15(13)16/h2-3,6-7,14,19H,1,4-5,8-12H2. The highest BCUT2D eigenvalue weighted by atomic mass is 16.3. The molecule has 102 valence electrons. The number of aryl methyl sites for hydroxylation is 1.